The molecule has 9 nitrogen and oxygen atoms in total. The van der Waals surface area contributed by atoms with E-state index in [4.69, 9.17) is 5.73 Å². The number of halogens is 3. The number of carbonyl (C=O) groups excluding carboxylic acids is 1. The number of nitrogens with one attached hydrogen (secondary N) is 1. The molecular formula is C20H17F3N4O5S2. The van der Waals surface area contributed by atoms with E-state index < -0.39 is 43.6 Å². The minimum atomic E-state index is -4.91. The van der Waals surface area contributed by atoms with Crippen LogP contribution in [0.3, 0.4) is 0 Å². The smallest absolute Gasteiger partial charge is 0.383 e. The van der Waals surface area contributed by atoms with Gasteiger partial charge in [0.2, 0.25) is 11.7 Å². The summed E-state index contributed by atoms with van der Waals surface area (Å²) < 4.78 is 89.6. The van der Waals surface area contributed by atoms with Gasteiger partial charge < -0.3 is 5.73 Å². The highest BCUT2D eigenvalue weighted by molar-refractivity contribution is 7.90. The quantitative estimate of drug-likeness (QED) is 0.528. The zero-order chi connectivity index (χ0) is 25.5. The Morgan fingerprint density at radius 1 is 0.882 bits per heavy atom. The third-order valence-electron chi connectivity index (χ3n) is 4.48. The highest BCUT2D eigenvalue weighted by Gasteiger charge is 2.36. The lowest BCUT2D eigenvalue weighted by molar-refractivity contribution is -0.144. The molecule has 0 fully saturated rings. The van der Waals surface area contributed by atoms with Crippen LogP contribution in [0.4, 0.5) is 19.0 Å². The van der Waals surface area contributed by atoms with Crippen molar-refractivity contribution in [1.82, 2.24) is 14.7 Å². The Hall–Kier alpha value is -3.52. The van der Waals surface area contributed by atoms with Crippen LogP contribution in [0, 0.1) is 0 Å². The van der Waals surface area contributed by atoms with Crippen LogP contribution in [0.25, 0.3) is 22.4 Å². The van der Waals surface area contributed by atoms with E-state index in [1.165, 1.54) is 36.4 Å². The minimum Gasteiger partial charge on any atom is -0.383 e. The van der Waals surface area contributed by atoms with Gasteiger partial charge in [-0.1, -0.05) is 24.3 Å². The second-order valence-electron chi connectivity index (χ2n) is 7.14. The summed E-state index contributed by atoms with van der Waals surface area (Å²) >= 11 is 0. The van der Waals surface area contributed by atoms with E-state index in [1.54, 1.807) is 4.72 Å². The SMILES string of the molecule is CC(=O)NS(=O)(=O)c1ccc(-c2c(N)nc(C(F)(F)F)nc2-c2ccc(S(C)(=O)=O)cc2)cc1. The number of hydrogen-bond acceptors (Lipinski definition) is 8. The Labute approximate surface area is 192 Å². The number of carbonyl (C=O) groups is 1. The Bertz CT molecular complexity index is 1470. The number of amides is 1. The molecule has 34 heavy (non-hydrogen) atoms. The summed E-state index contributed by atoms with van der Waals surface area (Å²) in [6.07, 6.45) is -3.93. The predicted octanol–water partition coefficient (Wildman–Crippen LogP) is 2.64. The molecule has 14 heteroatoms. The van der Waals surface area contributed by atoms with Crippen LogP contribution in [0.2, 0.25) is 0 Å². The van der Waals surface area contributed by atoms with Crippen LogP contribution >= 0.6 is 0 Å². The number of sulfone groups is 1. The number of alkyl halides is 3. The molecule has 0 atom stereocenters. The van der Waals surface area contributed by atoms with Crippen LogP contribution in [0.15, 0.2) is 58.3 Å². The fraction of sp³-hybridized carbons (Fsp3) is 0.150. The van der Waals surface area contributed by atoms with Gasteiger partial charge in [-0.2, -0.15) is 13.2 Å². The third-order valence-corrected chi connectivity index (χ3v) is 7.06. The van der Waals surface area contributed by atoms with Crippen molar-refractivity contribution in [3.8, 4) is 22.4 Å². The van der Waals surface area contributed by atoms with E-state index in [1.807, 2.05) is 0 Å². The molecule has 0 aliphatic rings. The molecule has 0 radical (unpaired) electrons. The number of anilines is 1. The zero-order valence-corrected chi connectivity index (χ0v) is 19.2. The molecule has 0 bridgehead atoms. The Kier molecular flexibility index (Phi) is 6.41. The van der Waals surface area contributed by atoms with Gasteiger partial charge in [0, 0.05) is 18.7 Å². The Morgan fingerprint density at radius 3 is 1.85 bits per heavy atom. The van der Waals surface area contributed by atoms with Crippen LogP contribution in [0.1, 0.15) is 12.7 Å². The Morgan fingerprint density at radius 2 is 1.38 bits per heavy atom. The molecule has 2 aromatic carbocycles. The number of nitrogens with two attached hydrogens (primary N) is 1. The predicted molar refractivity (Wildman–Crippen MR) is 116 cm³/mol. The van der Waals surface area contributed by atoms with Gasteiger partial charge in [0.1, 0.15) is 5.82 Å². The number of benzene rings is 2. The van der Waals surface area contributed by atoms with E-state index in [0.717, 1.165) is 25.3 Å². The van der Waals surface area contributed by atoms with Crippen LogP contribution in [-0.4, -0.2) is 39.0 Å². The molecule has 3 aromatic rings. The largest absolute Gasteiger partial charge is 0.451 e. The topological polar surface area (TPSA) is 149 Å². The van der Waals surface area contributed by atoms with E-state index in [-0.39, 0.29) is 32.2 Å². The van der Waals surface area contributed by atoms with Crippen molar-refractivity contribution in [3.63, 3.8) is 0 Å². The normalized spacial score (nSPS) is 12.4. The maximum atomic E-state index is 13.3. The van der Waals surface area contributed by atoms with Gasteiger partial charge in [-0.25, -0.2) is 31.5 Å². The first-order chi connectivity index (χ1) is 15.6. The fourth-order valence-electron chi connectivity index (χ4n) is 3.01. The number of hydrogen-bond donors (Lipinski definition) is 2. The first-order valence-corrected chi connectivity index (χ1v) is 12.7. The van der Waals surface area contributed by atoms with Crippen molar-refractivity contribution < 1.29 is 34.8 Å². The zero-order valence-electron chi connectivity index (χ0n) is 17.6. The molecule has 0 aliphatic carbocycles. The molecule has 0 saturated carbocycles. The molecule has 0 saturated heterocycles. The third kappa shape index (κ3) is 5.34. The summed E-state index contributed by atoms with van der Waals surface area (Å²) in [5.41, 5.74) is 5.90. The lowest BCUT2D eigenvalue weighted by Crippen LogP contribution is -2.28. The maximum absolute atomic E-state index is 13.3. The monoisotopic (exact) mass is 514 g/mol. The summed E-state index contributed by atoms with van der Waals surface area (Å²) in [5, 5.41) is 0. The van der Waals surface area contributed by atoms with Gasteiger partial charge in [-0.15, -0.1) is 0 Å². The highest BCUT2D eigenvalue weighted by Crippen LogP contribution is 2.38. The fourth-order valence-corrected chi connectivity index (χ4v) is 4.63. The summed E-state index contributed by atoms with van der Waals surface area (Å²) in [6, 6.07) is 9.78. The first-order valence-electron chi connectivity index (χ1n) is 9.28. The average molecular weight is 515 g/mol. The second kappa shape index (κ2) is 8.68. The molecule has 1 amide bonds. The van der Waals surface area contributed by atoms with Gasteiger partial charge in [-0.05, 0) is 29.8 Å². The average Bonchev–Trinajstić information content (AvgIpc) is 2.71. The molecule has 1 aromatic heterocycles. The maximum Gasteiger partial charge on any atom is 0.451 e. The highest BCUT2D eigenvalue weighted by atomic mass is 32.2. The standard InChI is InChI=1S/C20H17F3N4O5S2/c1-11(28)27-34(31,32)15-9-3-12(4-10-15)16-17(25-19(20(21,22)23)26-18(16)24)13-5-7-14(8-6-13)33(2,29)30/h3-10H,1-2H3,(H,27,28)(H2,24,25,26). The van der Waals surface area contributed by atoms with Gasteiger partial charge >= 0.3 is 6.18 Å². The van der Waals surface area contributed by atoms with Crippen molar-refractivity contribution in [2.45, 2.75) is 22.9 Å². The molecular weight excluding hydrogens is 497 g/mol. The van der Waals surface area contributed by atoms with Gasteiger partial charge in [-0.3, -0.25) is 4.79 Å². The van der Waals surface area contributed by atoms with Crippen LogP contribution < -0.4 is 10.5 Å². The number of nitrogen functional groups attached to an aromatic ring is 1. The molecule has 0 unspecified atom stereocenters. The number of sulfonamides is 1. The number of rotatable bonds is 5. The first kappa shape index (κ1) is 25.1. The van der Waals surface area contributed by atoms with E-state index in [0.29, 0.717) is 0 Å². The number of nitrogens with zero attached hydrogens (tertiary/aromatic N) is 2. The molecule has 0 aliphatic heterocycles. The van der Waals surface area contributed by atoms with Gasteiger partial charge in [0.05, 0.1) is 21.0 Å². The van der Waals surface area contributed by atoms with Crippen molar-refractivity contribution in [2.24, 2.45) is 0 Å². The second-order valence-corrected chi connectivity index (χ2v) is 10.8. The lowest BCUT2D eigenvalue weighted by Gasteiger charge is -2.15. The van der Waals surface area contributed by atoms with Crippen molar-refractivity contribution >= 4 is 31.6 Å². The van der Waals surface area contributed by atoms with E-state index in [2.05, 4.69) is 9.97 Å². The molecule has 3 rings (SSSR count). The molecule has 0 spiro atoms. The molecule has 3 N–H and O–H groups in total. The minimum absolute atomic E-state index is 0.0245. The summed E-state index contributed by atoms with van der Waals surface area (Å²) in [4.78, 5) is 17.8. The van der Waals surface area contributed by atoms with Crippen molar-refractivity contribution in [1.29, 1.82) is 0 Å². The van der Waals surface area contributed by atoms with E-state index >= 15 is 0 Å². The summed E-state index contributed by atoms with van der Waals surface area (Å²) in [5.74, 6) is -2.83. The Balaban J connectivity index is 2.20. The lowest BCUT2D eigenvalue weighted by atomic mass is 9.99. The summed E-state index contributed by atoms with van der Waals surface area (Å²) in [6.45, 7) is 1.02. The van der Waals surface area contributed by atoms with E-state index in [9.17, 15) is 34.8 Å². The molecule has 1 heterocycles. The van der Waals surface area contributed by atoms with Gasteiger partial charge in [0.15, 0.2) is 9.84 Å². The van der Waals surface area contributed by atoms with Crippen molar-refractivity contribution in [3.05, 3.63) is 54.4 Å². The summed E-state index contributed by atoms with van der Waals surface area (Å²) in [7, 11) is -7.70. The van der Waals surface area contributed by atoms with Crippen LogP contribution in [0.5, 0.6) is 0 Å². The molecule has 180 valence electrons. The van der Waals surface area contributed by atoms with Crippen LogP contribution in [-0.2, 0) is 30.8 Å². The van der Waals surface area contributed by atoms with Gasteiger partial charge in [0.25, 0.3) is 10.0 Å². The number of aromatic nitrogens is 2. The van der Waals surface area contributed by atoms with Crippen molar-refractivity contribution in [2.75, 3.05) is 12.0 Å².